The summed E-state index contributed by atoms with van der Waals surface area (Å²) in [5.74, 6) is 0. The van der Waals surface area contributed by atoms with Crippen LogP contribution in [0, 0.1) is 0 Å². The summed E-state index contributed by atoms with van der Waals surface area (Å²) in [6.45, 7) is 0. The third kappa shape index (κ3) is 5.74. The molecule has 58 heavy (non-hydrogen) atoms. The molecule has 0 radical (unpaired) electrons. The van der Waals surface area contributed by atoms with Gasteiger partial charge in [-0.3, -0.25) is 0 Å². The molecule has 0 aliphatic heterocycles. The van der Waals surface area contributed by atoms with Crippen molar-refractivity contribution in [2.45, 2.75) is 0 Å². The van der Waals surface area contributed by atoms with Gasteiger partial charge in [-0.2, -0.15) is 0 Å². The number of para-hydroxylation sites is 2. The summed E-state index contributed by atoms with van der Waals surface area (Å²) >= 11 is 0. The molecule has 0 fully saturated rings. The Morgan fingerprint density at radius 1 is 0.293 bits per heavy atom. The summed E-state index contributed by atoms with van der Waals surface area (Å²) in [7, 11) is 0. The highest BCUT2D eigenvalue weighted by Crippen LogP contribution is 2.42. The summed E-state index contributed by atoms with van der Waals surface area (Å²) in [6, 6.07) is 83.6. The average Bonchev–Trinajstić information content (AvgIpc) is 3.65. The maximum absolute atomic E-state index is 2.39. The molecule has 0 spiro atoms. The minimum absolute atomic E-state index is 1.10. The topological polar surface area (TPSA) is 8.17 Å². The summed E-state index contributed by atoms with van der Waals surface area (Å²) in [5, 5.41) is 7.58. The van der Waals surface area contributed by atoms with Crippen LogP contribution in [0.3, 0.4) is 0 Å². The zero-order valence-electron chi connectivity index (χ0n) is 31.8. The Labute approximate surface area is 338 Å². The summed E-state index contributed by atoms with van der Waals surface area (Å²) in [4.78, 5) is 2.38. The first kappa shape index (κ1) is 33.6. The second-order valence-corrected chi connectivity index (χ2v) is 14.9. The molecule has 0 N–H and O–H groups in total. The van der Waals surface area contributed by atoms with Gasteiger partial charge in [-0.1, -0.05) is 170 Å². The zero-order chi connectivity index (χ0) is 38.4. The van der Waals surface area contributed by atoms with Gasteiger partial charge >= 0.3 is 0 Å². The summed E-state index contributed by atoms with van der Waals surface area (Å²) < 4.78 is 2.39. The molecular formula is C56H38N2. The van der Waals surface area contributed by atoms with Gasteiger partial charge in [-0.05, 0) is 116 Å². The number of rotatable bonds is 7. The zero-order valence-corrected chi connectivity index (χ0v) is 31.8. The highest BCUT2D eigenvalue weighted by molar-refractivity contribution is 6.16. The molecule has 0 aliphatic rings. The molecule has 0 bridgehead atoms. The van der Waals surface area contributed by atoms with Crippen molar-refractivity contribution in [1.29, 1.82) is 0 Å². The molecule has 11 aromatic rings. The molecule has 11 rings (SSSR count). The smallest absolute Gasteiger partial charge is 0.0547 e. The maximum atomic E-state index is 2.39. The molecule has 0 atom stereocenters. The lowest BCUT2D eigenvalue weighted by atomic mass is 9.94. The Bertz CT molecular complexity index is 3250. The first-order chi connectivity index (χ1) is 28.8. The van der Waals surface area contributed by atoms with Crippen molar-refractivity contribution in [3.63, 3.8) is 0 Å². The Morgan fingerprint density at radius 2 is 0.862 bits per heavy atom. The number of hydrogen-bond donors (Lipinski definition) is 0. The monoisotopic (exact) mass is 738 g/mol. The number of aromatic nitrogens is 1. The van der Waals surface area contributed by atoms with Gasteiger partial charge in [0, 0.05) is 33.5 Å². The van der Waals surface area contributed by atoms with Crippen LogP contribution in [-0.4, -0.2) is 4.57 Å². The van der Waals surface area contributed by atoms with E-state index in [9.17, 15) is 0 Å². The van der Waals surface area contributed by atoms with Crippen molar-refractivity contribution in [2.75, 3.05) is 4.90 Å². The third-order valence-electron chi connectivity index (χ3n) is 11.6. The molecular weight excluding hydrogens is 701 g/mol. The first-order valence-corrected chi connectivity index (χ1v) is 19.9. The molecule has 1 heterocycles. The van der Waals surface area contributed by atoms with Crippen LogP contribution in [0.4, 0.5) is 17.1 Å². The third-order valence-corrected chi connectivity index (χ3v) is 11.6. The fourth-order valence-electron chi connectivity index (χ4n) is 8.89. The Balaban J connectivity index is 1.05. The van der Waals surface area contributed by atoms with Crippen molar-refractivity contribution in [3.05, 3.63) is 231 Å². The molecule has 2 nitrogen and oxygen atoms in total. The second kappa shape index (κ2) is 14.1. The predicted molar refractivity (Wildman–Crippen MR) is 247 cm³/mol. The normalized spacial score (nSPS) is 11.4. The SMILES string of the molecule is c1ccc(-c2ccc(N(c3ccc(-c4cccc5c4ccc4ccccc45)cc3)c3cccc(-c4cccc5c4c4ccccc4n5-c4ccccc4)c3)cc2)cc1. The number of nitrogens with zero attached hydrogens (tertiary/aromatic N) is 2. The van der Waals surface area contributed by atoms with E-state index in [0.29, 0.717) is 0 Å². The maximum Gasteiger partial charge on any atom is 0.0547 e. The van der Waals surface area contributed by atoms with Crippen LogP contribution in [0.15, 0.2) is 231 Å². The lowest BCUT2D eigenvalue weighted by molar-refractivity contribution is 1.18. The van der Waals surface area contributed by atoms with Crippen LogP contribution in [0.25, 0.3) is 82.4 Å². The standard InChI is InChI=1S/C56H38N2/c1-3-14-39(15-4-1)40-28-33-45(34-29-40)57(46-35-30-42(31-36-46)49-23-12-25-51-48-21-8-7-16-41(48)32-37-52(49)51)47-20-11-17-43(38-47)50-24-13-27-55-56(50)53-22-9-10-26-54(53)58(55)44-18-5-2-6-19-44/h1-38H. The molecule has 0 amide bonds. The minimum Gasteiger partial charge on any atom is -0.310 e. The number of benzene rings is 10. The summed E-state index contributed by atoms with van der Waals surface area (Å²) in [5.41, 5.74) is 14.1. The van der Waals surface area contributed by atoms with Gasteiger partial charge in [-0.25, -0.2) is 0 Å². The largest absolute Gasteiger partial charge is 0.310 e. The van der Waals surface area contributed by atoms with Gasteiger partial charge in [0.15, 0.2) is 0 Å². The molecule has 272 valence electrons. The number of fused-ring (bicyclic) bond motifs is 6. The Hall–Kier alpha value is -7.68. The predicted octanol–water partition coefficient (Wildman–Crippen LogP) is 15.6. The second-order valence-electron chi connectivity index (χ2n) is 14.9. The number of hydrogen-bond acceptors (Lipinski definition) is 1. The van der Waals surface area contributed by atoms with E-state index in [1.807, 2.05) is 0 Å². The summed E-state index contributed by atoms with van der Waals surface area (Å²) in [6.07, 6.45) is 0. The van der Waals surface area contributed by atoms with Crippen molar-refractivity contribution in [2.24, 2.45) is 0 Å². The van der Waals surface area contributed by atoms with Crippen LogP contribution in [0.5, 0.6) is 0 Å². The number of anilines is 3. The average molecular weight is 739 g/mol. The molecule has 0 aliphatic carbocycles. The molecule has 10 aromatic carbocycles. The van der Waals surface area contributed by atoms with Crippen LogP contribution in [0.2, 0.25) is 0 Å². The van der Waals surface area contributed by atoms with E-state index in [4.69, 9.17) is 0 Å². The molecule has 0 unspecified atom stereocenters. The van der Waals surface area contributed by atoms with Gasteiger partial charge in [0.25, 0.3) is 0 Å². The lowest BCUT2D eigenvalue weighted by Gasteiger charge is -2.26. The van der Waals surface area contributed by atoms with Crippen LogP contribution in [-0.2, 0) is 0 Å². The van der Waals surface area contributed by atoms with E-state index in [2.05, 4.69) is 240 Å². The van der Waals surface area contributed by atoms with Crippen molar-refractivity contribution in [1.82, 2.24) is 4.57 Å². The van der Waals surface area contributed by atoms with E-state index in [0.717, 1.165) is 22.7 Å². The van der Waals surface area contributed by atoms with Crippen LogP contribution in [0.1, 0.15) is 0 Å². The molecule has 1 aromatic heterocycles. The van der Waals surface area contributed by atoms with Gasteiger partial charge in [0.05, 0.1) is 11.0 Å². The lowest BCUT2D eigenvalue weighted by Crippen LogP contribution is -2.10. The van der Waals surface area contributed by atoms with Crippen LogP contribution < -0.4 is 4.90 Å². The van der Waals surface area contributed by atoms with E-state index in [1.165, 1.54) is 76.7 Å². The van der Waals surface area contributed by atoms with E-state index >= 15 is 0 Å². The Kier molecular flexibility index (Phi) is 8.19. The fraction of sp³-hybridized carbons (Fsp3) is 0. The van der Waals surface area contributed by atoms with Crippen molar-refractivity contribution < 1.29 is 0 Å². The molecule has 2 heteroatoms. The van der Waals surface area contributed by atoms with Gasteiger partial charge in [-0.15, -0.1) is 0 Å². The van der Waals surface area contributed by atoms with E-state index < -0.39 is 0 Å². The first-order valence-electron chi connectivity index (χ1n) is 19.9. The van der Waals surface area contributed by atoms with Crippen LogP contribution >= 0.6 is 0 Å². The highest BCUT2D eigenvalue weighted by atomic mass is 15.1. The van der Waals surface area contributed by atoms with E-state index in [1.54, 1.807) is 0 Å². The van der Waals surface area contributed by atoms with Crippen molar-refractivity contribution >= 4 is 60.4 Å². The van der Waals surface area contributed by atoms with Gasteiger partial charge < -0.3 is 9.47 Å². The van der Waals surface area contributed by atoms with Gasteiger partial charge in [0.1, 0.15) is 0 Å². The minimum atomic E-state index is 1.10. The van der Waals surface area contributed by atoms with Crippen molar-refractivity contribution in [3.8, 4) is 39.1 Å². The highest BCUT2D eigenvalue weighted by Gasteiger charge is 2.19. The quantitative estimate of drug-likeness (QED) is 0.148. The van der Waals surface area contributed by atoms with E-state index in [-0.39, 0.29) is 0 Å². The molecule has 0 saturated heterocycles. The Morgan fingerprint density at radius 3 is 1.66 bits per heavy atom. The van der Waals surface area contributed by atoms with Gasteiger partial charge in [0.2, 0.25) is 0 Å². The fourth-order valence-corrected chi connectivity index (χ4v) is 8.89. The molecule has 0 saturated carbocycles.